The van der Waals surface area contributed by atoms with Gasteiger partial charge in [-0.3, -0.25) is 4.79 Å². The number of carbonyl (C=O) groups is 1. The van der Waals surface area contributed by atoms with Crippen LogP contribution in [0.3, 0.4) is 0 Å². The Morgan fingerprint density at radius 3 is 2.67 bits per heavy atom. The van der Waals surface area contributed by atoms with E-state index in [9.17, 15) is 4.79 Å². The van der Waals surface area contributed by atoms with E-state index in [1.165, 1.54) is 14.2 Å². The predicted molar refractivity (Wildman–Crippen MR) is 103 cm³/mol. The van der Waals surface area contributed by atoms with Gasteiger partial charge in [-0.25, -0.2) is 0 Å². The first-order chi connectivity index (χ1) is 13.1. The zero-order valence-electron chi connectivity index (χ0n) is 15.3. The summed E-state index contributed by atoms with van der Waals surface area (Å²) in [6.45, 7) is 1.18. The van der Waals surface area contributed by atoms with E-state index < -0.39 is 0 Å². The Morgan fingerprint density at radius 2 is 1.96 bits per heavy atom. The van der Waals surface area contributed by atoms with Gasteiger partial charge in [0.25, 0.3) is 5.91 Å². The van der Waals surface area contributed by atoms with Gasteiger partial charge in [0, 0.05) is 12.7 Å². The summed E-state index contributed by atoms with van der Waals surface area (Å²) in [6.07, 6.45) is 2.07. The third kappa shape index (κ3) is 4.64. The van der Waals surface area contributed by atoms with Gasteiger partial charge in [-0.2, -0.15) is 0 Å². The lowest BCUT2D eigenvalue weighted by Gasteiger charge is -2.16. The minimum atomic E-state index is -0.322. The van der Waals surface area contributed by atoms with Gasteiger partial charge in [0.2, 0.25) is 0 Å². The van der Waals surface area contributed by atoms with Crippen LogP contribution in [0.4, 0.5) is 5.69 Å². The summed E-state index contributed by atoms with van der Waals surface area (Å²) in [5.41, 5.74) is 0.867. The minimum absolute atomic E-state index is 0.0709. The highest BCUT2D eigenvalue weighted by Gasteiger charge is 2.19. The molecule has 0 aromatic heterocycles. The van der Waals surface area contributed by atoms with E-state index in [2.05, 4.69) is 5.32 Å². The van der Waals surface area contributed by atoms with Crippen LogP contribution in [0.5, 0.6) is 17.2 Å². The SMILES string of the molecule is COc1cc(OC)c(NC(=O)c2ccccc2OCC2CCCO2)cc1Cl. The molecule has 0 bridgehead atoms. The Bertz CT molecular complexity index is 805. The molecular formula is C20H22ClNO5. The molecule has 2 aromatic rings. The van der Waals surface area contributed by atoms with E-state index in [4.69, 9.17) is 30.5 Å². The van der Waals surface area contributed by atoms with Crippen molar-refractivity contribution >= 4 is 23.2 Å². The Balaban J connectivity index is 1.77. The van der Waals surface area contributed by atoms with Crippen LogP contribution in [-0.2, 0) is 4.74 Å². The van der Waals surface area contributed by atoms with Crippen molar-refractivity contribution in [1.82, 2.24) is 0 Å². The number of ether oxygens (including phenoxy) is 4. The number of amides is 1. The van der Waals surface area contributed by atoms with E-state index in [-0.39, 0.29) is 12.0 Å². The van der Waals surface area contributed by atoms with E-state index in [0.29, 0.717) is 40.1 Å². The Labute approximate surface area is 163 Å². The maximum absolute atomic E-state index is 12.8. The van der Waals surface area contributed by atoms with Crippen molar-refractivity contribution in [3.63, 3.8) is 0 Å². The van der Waals surface area contributed by atoms with E-state index in [1.54, 1.807) is 30.3 Å². The average Bonchev–Trinajstić information content (AvgIpc) is 3.20. The Kier molecular flexibility index (Phi) is 6.42. The van der Waals surface area contributed by atoms with Crippen molar-refractivity contribution < 1.29 is 23.7 Å². The number of hydrogen-bond acceptors (Lipinski definition) is 5. The highest BCUT2D eigenvalue weighted by molar-refractivity contribution is 6.32. The van der Waals surface area contributed by atoms with Gasteiger partial charge >= 0.3 is 0 Å². The quantitative estimate of drug-likeness (QED) is 0.767. The van der Waals surface area contributed by atoms with Crippen molar-refractivity contribution in [2.45, 2.75) is 18.9 Å². The fraction of sp³-hybridized carbons (Fsp3) is 0.350. The molecule has 1 atom stereocenters. The second kappa shape index (κ2) is 8.97. The van der Waals surface area contributed by atoms with Crippen LogP contribution in [0.1, 0.15) is 23.2 Å². The molecule has 3 rings (SSSR count). The molecule has 2 aromatic carbocycles. The number of methoxy groups -OCH3 is 2. The zero-order chi connectivity index (χ0) is 19.2. The number of anilines is 1. The molecule has 0 spiro atoms. The summed E-state index contributed by atoms with van der Waals surface area (Å²) in [5.74, 6) is 1.09. The fourth-order valence-corrected chi connectivity index (χ4v) is 3.13. The molecule has 1 N–H and O–H groups in total. The van der Waals surface area contributed by atoms with Crippen molar-refractivity contribution in [3.8, 4) is 17.2 Å². The fourth-order valence-electron chi connectivity index (χ4n) is 2.89. The second-order valence-electron chi connectivity index (χ2n) is 6.08. The van der Waals surface area contributed by atoms with Gasteiger partial charge in [0.05, 0.1) is 36.6 Å². The maximum Gasteiger partial charge on any atom is 0.259 e. The molecule has 0 radical (unpaired) electrons. The summed E-state index contributed by atoms with van der Waals surface area (Å²) in [7, 11) is 3.03. The van der Waals surface area contributed by atoms with Gasteiger partial charge in [0.1, 0.15) is 23.9 Å². The number of para-hydroxylation sites is 1. The van der Waals surface area contributed by atoms with Crippen molar-refractivity contribution in [2.24, 2.45) is 0 Å². The molecule has 1 fully saturated rings. The zero-order valence-corrected chi connectivity index (χ0v) is 16.0. The number of halogens is 1. The summed E-state index contributed by atoms with van der Waals surface area (Å²) in [5, 5.41) is 3.19. The number of nitrogens with one attached hydrogen (secondary N) is 1. The highest BCUT2D eigenvalue weighted by atomic mass is 35.5. The molecule has 0 aliphatic carbocycles. The summed E-state index contributed by atoms with van der Waals surface area (Å²) in [4.78, 5) is 12.8. The van der Waals surface area contributed by atoms with Crippen molar-refractivity contribution in [2.75, 3.05) is 32.8 Å². The molecule has 1 aliphatic rings. The molecule has 1 unspecified atom stereocenters. The van der Waals surface area contributed by atoms with Crippen LogP contribution < -0.4 is 19.5 Å². The van der Waals surface area contributed by atoms with Crippen LogP contribution in [-0.4, -0.2) is 39.4 Å². The number of benzene rings is 2. The molecule has 1 aliphatic heterocycles. The summed E-state index contributed by atoms with van der Waals surface area (Å²) in [6, 6.07) is 10.3. The highest BCUT2D eigenvalue weighted by Crippen LogP contribution is 2.36. The molecule has 6 nitrogen and oxygen atoms in total. The molecule has 7 heteroatoms. The molecular weight excluding hydrogens is 370 g/mol. The van der Waals surface area contributed by atoms with Crippen LogP contribution in [0, 0.1) is 0 Å². The first-order valence-corrected chi connectivity index (χ1v) is 9.06. The van der Waals surface area contributed by atoms with Gasteiger partial charge in [-0.1, -0.05) is 23.7 Å². The van der Waals surface area contributed by atoms with Gasteiger partial charge in [-0.15, -0.1) is 0 Å². The molecule has 0 saturated carbocycles. The van der Waals surface area contributed by atoms with E-state index >= 15 is 0 Å². The third-order valence-electron chi connectivity index (χ3n) is 4.30. The third-order valence-corrected chi connectivity index (χ3v) is 4.60. The van der Waals surface area contributed by atoms with Crippen LogP contribution in [0.2, 0.25) is 5.02 Å². The lowest BCUT2D eigenvalue weighted by atomic mass is 10.1. The molecule has 144 valence electrons. The van der Waals surface area contributed by atoms with Gasteiger partial charge in [0.15, 0.2) is 0 Å². The lowest BCUT2D eigenvalue weighted by molar-refractivity contribution is 0.0673. The summed E-state index contributed by atoms with van der Waals surface area (Å²) < 4.78 is 21.9. The number of carbonyl (C=O) groups excluding carboxylic acids is 1. The average molecular weight is 392 g/mol. The predicted octanol–water partition coefficient (Wildman–Crippen LogP) is 4.17. The van der Waals surface area contributed by atoms with Gasteiger partial charge < -0.3 is 24.3 Å². The largest absolute Gasteiger partial charge is 0.495 e. The van der Waals surface area contributed by atoms with Crippen LogP contribution in [0.15, 0.2) is 36.4 Å². The number of rotatable bonds is 7. The topological polar surface area (TPSA) is 66.0 Å². The molecule has 1 heterocycles. The van der Waals surface area contributed by atoms with Crippen LogP contribution >= 0.6 is 11.6 Å². The first kappa shape index (κ1) is 19.3. The monoisotopic (exact) mass is 391 g/mol. The maximum atomic E-state index is 12.8. The Hall–Kier alpha value is -2.44. The van der Waals surface area contributed by atoms with E-state index in [0.717, 1.165) is 19.4 Å². The second-order valence-corrected chi connectivity index (χ2v) is 6.49. The van der Waals surface area contributed by atoms with Crippen LogP contribution in [0.25, 0.3) is 0 Å². The summed E-state index contributed by atoms with van der Waals surface area (Å²) >= 11 is 6.17. The van der Waals surface area contributed by atoms with Crippen molar-refractivity contribution in [3.05, 3.63) is 47.0 Å². The minimum Gasteiger partial charge on any atom is -0.495 e. The first-order valence-electron chi connectivity index (χ1n) is 8.68. The lowest BCUT2D eigenvalue weighted by Crippen LogP contribution is -2.19. The normalized spacial score (nSPS) is 16.0. The number of hydrogen-bond donors (Lipinski definition) is 1. The van der Waals surface area contributed by atoms with Crippen molar-refractivity contribution in [1.29, 1.82) is 0 Å². The van der Waals surface area contributed by atoms with Gasteiger partial charge in [-0.05, 0) is 31.0 Å². The standard InChI is InChI=1S/C20H22ClNO5/c1-24-18-11-19(25-2)16(10-15(18)21)22-20(23)14-7-3-4-8-17(14)27-12-13-6-5-9-26-13/h3-4,7-8,10-11,13H,5-6,9,12H2,1-2H3,(H,22,23). The van der Waals surface area contributed by atoms with E-state index in [1.807, 2.05) is 6.07 Å². The Morgan fingerprint density at radius 1 is 1.19 bits per heavy atom. The molecule has 1 amide bonds. The smallest absolute Gasteiger partial charge is 0.259 e. The molecule has 27 heavy (non-hydrogen) atoms. The molecule has 1 saturated heterocycles.